The van der Waals surface area contributed by atoms with Crippen molar-refractivity contribution in [1.29, 1.82) is 0 Å². The third-order valence-electron chi connectivity index (χ3n) is 3.02. The topological polar surface area (TPSA) is 64.1 Å². The minimum absolute atomic E-state index is 0.147. The van der Waals surface area contributed by atoms with Gasteiger partial charge in [-0.15, -0.1) is 0 Å². The van der Waals surface area contributed by atoms with E-state index in [1.807, 2.05) is 0 Å². The van der Waals surface area contributed by atoms with Crippen molar-refractivity contribution in [2.45, 2.75) is 39.2 Å². The fraction of sp³-hybridized carbons (Fsp3) is 0.636. The molecule has 1 N–H and O–H groups in total. The van der Waals surface area contributed by atoms with Crippen LogP contribution in [0.2, 0.25) is 0 Å². The molecule has 88 valence electrons. The van der Waals surface area contributed by atoms with Crippen LogP contribution in [0.1, 0.15) is 48.3 Å². The zero-order chi connectivity index (χ0) is 11.7. The third-order valence-corrected chi connectivity index (χ3v) is 3.02. The normalized spacial score (nSPS) is 15.9. The van der Waals surface area contributed by atoms with Gasteiger partial charge in [-0.1, -0.05) is 0 Å². The zero-order valence-electron chi connectivity index (χ0n) is 9.58. The molecule has 0 saturated heterocycles. The second kappa shape index (κ2) is 4.15. The Balaban J connectivity index is 2.35. The van der Waals surface area contributed by atoms with Crippen LogP contribution in [0.4, 0.5) is 0 Å². The van der Waals surface area contributed by atoms with Crippen LogP contribution < -0.4 is 5.56 Å². The van der Waals surface area contributed by atoms with Crippen LogP contribution in [0.25, 0.3) is 0 Å². The van der Waals surface area contributed by atoms with Gasteiger partial charge in [-0.2, -0.15) is 0 Å². The van der Waals surface area contributed by atoms with Gasteiger partial charge in [0.1, 0.15) is 5.56 Å². The molecule has 1 aromatic rings. The molecule has 1 aliphatic rings. The van der Waals surface area contributed by atoms with E-state index in [4.69, 9.17) is 4.74 Å². The van der Waals surface area contributed by atoms with Crippen molar-refractivity contribution in [3.63, 3.8) is 0 Å². The fourth-order valence-electron chi connectivity index (χ4n) is 1.91. The monoisotopic (exact) mass is 224 g/mol. The summed E-state index contributed by atoms with van der Waals surface area (Å²) >= 11 is 0. The van der Waals surface area contributed by atoms with Crippen molar-refractivity contribution in [2.75, 3.05) is 6.61 Å². The quantitative estimate of drug-likeness (QED) is 0.789. The van der Waals surface area contributed by atoms with E-state index in [1.165, 1.54) is 0 Å². The van der Waals surface area contributed by atoms with Crippen LogP contribution in [0.15, 0.2) is 4.79 Å². The van der Waals surface area contributed by atoms with Gasteiger partial charge in [-0.05, 0) is 33.1 Å². The summed E-state index contributed by atoms with van der Waals surface area (Å²) in [5.41, 5.74) is 0.491. The predicted octanol–water partition coefficient (Wildman–Crippen LogP) is 1.39. The van der Waals surface area contributed by atoms with E-state index in [-0.39, 0.29) is 23.8 Å². The van der Waals surface area contributed by atoms with E-state index in [0.717, 1.165) is 19.3 Å². The number of aromatic amines is 1. The molecule has 1 heterocycles. The van der Waals surface area contributed by atoms with E-state index < -0.39 is 5.97 Å². The Kier molecular flexibility index (Phi) is 2.85. The highest BCUT2D eigenvalue weighted by atomic mass is 16.5. The molecule has 0 radical (unpaired) electrons. The maximum atomic E-state index is 12.0. The minimum Gasteiger partial charge on any atom is -0.462 e. The maximum absolute atomic E-state index is 12.0. The lowest BCUT2D eigenvalue weighted by Crippen LogP contribution is -2.29. The molecule has 0 unspecified atom stereocenters. The third kappa shape index (κ3) is 1.66. The number of H-pyrrole nitrogens is 1. The summed E-state index contributed by atoms with van der Waals surface area (Å²) in [6.07, 6.45) is 3.15. The molecular formula is C11H16N2O3. The smallest absolute Gasteiger partial charge is 0.345 e. The van der Waals surface area contributed by atoms with Crippen LogP contribution in [0.3, 0.4) is 0 Å². The number of hydrogen-bond acceptors (Lipinski definition) is 3. The lowest BCUT2D eigenvalue weighted by Gasteiger charge is -2.25. The molecule has 1 aromatic heterocycles. The summed E-state index contributed by atoms with van der Waals surface area (Å²) in [4.78, 5) is 23.5. The highest BCUT2D eigenvalue weighted by molar-refractivity contribution is 5.90. The van der Waals surface area contributed by atoms with Crippen LogP contribution in [0, 0.1) is 6.92 Å². The molecule has 0 atom stereocenters. The van der Waals surface area contributed by atoms with Gasteiger partial charge in [0, 0.05) is 5.69 Å². The number of aromatic nitrogens is 2. The summed E-state index contributed by atoms with van der Waals surface area (Å²) in [5, 5.41) is 2.96. The lowest BCUT2D eigenvalue weighted by molar-refractivity contribution is 0.0523. The highest BCUT2D eigenvalue weighted by Gasteiger charge is 2.26. The van der Waals surface area contributed by atoms with Gasteiger partial charge < -0.3 is 4.74 Å². The standard InChI is InChI=1S/C11H16N2O3/c1-3-16-11(15)9-7(2)12-13(10(9)14)8-5-4-6-8/h8,12H,3-6H2,1-2H3. The van der Waals surface area contributed by atoms with Gasteiger partial charge in [0.15, 0.2) is 0 Å². The average Bonchev–Trinajstić information content (AvgIpc) is 2.40. The molecule has 0 aromatic carbocycles. The van der Waals surface area contributed by atoms with Gasteiger partial charge in [-0.25, -0.2) is 9.48 Å². The molecule has 5 heteroatoms. The van der Waals surface area contributed by atoms with E-state index in [9.17, 15) is 9.59 Å². The molecule has 0 spiro atoms. The first-order valence-electron chi connectivity index (χ1n) is 5.63. The minimum atomic E-state index is -0.528. The Hall–Kier alpha value is -1.52. The summed E-state index contributed by atoms with van der Waals surface area (Å²) in [6.45, 7) is 3.74. The summed E-state index contributed by atoms with van der Waals surface area (Å²) in [6, 6.07) is 0.231. The van der Waals surface area contributed by atoms with Crippen molar-refractivity contribution in [3.8, 4) is 0 Å². The number of nitrogens with zero attached hydrogens (tertiary/aromatic N) is 1. The molecule has 1 aliphatic carbocycles. The van der Waals surface area contributed by atoms with E-state index >= 15 is 0 Å². The van der Waals surface area contributed by atoms with Crippen molar-refractivity contribution >= 4 is 5.97 Å². The maximum Gasteiger partial charge on any atom is 0.345 e. The second-order valence-electron chi connectivity index (χ2n) is 4.09. The van der Waals surface area contributed by atoms with Gasteiger partial charge in [0.05, 0.1) is 12.6 Å². The number of nitrogens with one attached hydrogen (secondary N) is 1. The SMILES string of the molecule is CCOC(=O)c1c(C)[nH]n(C2CCC2)c1=O. The molecule has 1 fully saturated rings. The number of carbonyl (C=O) groups excluding carboxylic acids is 1. The van der Waals surface area contributed by atoms with Gasteiger partial charge in [-0.3, -0.25) is 9.89 Å². The molecule has 16 heavy (non-hydrogen) atoms. The number of carbonyl (C=O) groups is 1. The molecule has 2 rings (SSSR count). The Bertz CT molecular complexity index is 454. The first-order chi connectivity index (χ1) is 7.65. The molecule has 5 nitrogen and oxygen atoms in total. The predicted molar refractivity (Wildman–Crippen MR) is 58.6 cm³/mol. The number of rotatable bonds is 3. The van der Waals surface area contributed by atoms with E-state index in [1.54, 1.807) is 18.5 Å². The van der Waals surface area contributed by atoms with Crippen molar-refractivity contribution < 1.29 is 9.53 Å². The molecule has 1 saturated carbocycles. The largest absolute Gasteiger partial charge is 0.462 e. The number of esters is 1. The summed E-state index contributed by atoms with van der Waals surface area (Å²) < 4.78 is 6.42. The van der Waals surface area contributed by atoms with Crippen LogP contribution in [0.5, 0.6) is 0 Å². The first kappa shape index (κ1) is 11.0. The molecular weight excluding hydrogens is 208 g/mol. The number of hydrogen-bond donors (Lipinski definition) is 1. The Labute approximate surface area is 93.4 Å². The van der Waals surface area contributed by atoms with Crippen molar-refractivity contribution in [2.24, 2.45) is 0 Å². The lowest BCUT2D eigenvalue weighted by atomic mass is 9.93. The van der Waals surface area contributed by atoms with E-state index in [0.29, 0.717) is 5.69 Å². The number of aryl methyl sites for hydroxylation is 1. The van der Waals surface area contributed by atoms with Crippen molar-refractivity contribution in [1.82, 2.24) is 9.78 Å². The Morgan fingerprint density at radius 3 is 2.75 bits per heavy atom. The van der Waals surface area contributed by atoms with Gasteiger partial charge in [0.25, 0.3) is 5.56 Å². The first-order valence-corrected chi connectivity index (χ1v) is 5.63. The van der Waals surface area contributed by atoms with Gasteiger partial charge >= 0.3 is 5.97 Å². The van der Waals surface area contributed by atoms with Crippen molar-refractivity contribution in [3.05, 3.63) is 21.6 Å². The summed E-state index contributed by atoms with van der Waals surface area (Å²) in [5.74, 6) is -0.528. The van der Waals surface area contributed by atoms with Gasteiger partial charge in [0.2, 0.25) is 0 Å². The number of ether oxygens (including phenoxy) is 1. The Morgan fingerprint density at radius 1 is 1.56 bits per heavy atom. The van der Waals surface area contributed by atoms with E-state index in [2.05, 4.69) is 5.10 Å². The van der Waals surface area contributed by atoms with Crippen LogP contribution >= 0.6 is 0 Å². The fourth-order valence-corrected chi connectivity index (χ4v) is 1.91. The second-order valence-corrected chi connectivity index (χ2v) is 4.09. The van der Waals surface area contributed by atoms with Crippen LogP contribution in [-0.4, -0.2) is 22.4 Å². The summed E-state index contributed by atoms with van der Waals surface area (Å²) in [7, 11) is 0. The molecule has 0 bridgehead atoms. The zero-order valence-corrected chi connectivity index (χ0v) is 9.58. The molecule has 0 aliphatic heterocycles. The highest BCUT2D eigenvalue weighted by Crippen LogP contribution is 2.29. The Morgan fingerprint density at radius 2 is 2.25 bits per heavy atom. The molecule has 0 amide bonds. The average molecular weight is 224 g/mol. The van der Waals surface area contributed by atoms with Crippen LogP contribution in [-0.2, 0) is 4.74 Å².